The van der Waals surface area contributed by atoms with Gasteiger partial charge in [-0.15, -0.1) is 12.4 Å². The summed E-state index contributed by atoms with van der Waals surface area (Å²) in [5.41, 5.74) is 2.68. The third kappa shape index (κ3) is 12.1. The summed E-state index contributed by atoms with van der Waals surface area (Å²) in [6.07, 6.45) is 2.46. The monoisotopic (exact) mass is 881 g/mol. The summed E-state index contributed by atoms with van der Waals surface area (Å²) in [4.78, 5) is 40.4. The molecule has 46 heavy (non-hydrogen) atoms. The minimum absolute atomic E-state index is 0. The average Bonchev–Trinajstić information content (AvgIpc) is 3.81. The van der Waals surface area contributed by atoms with Gasteiger partial charge in [-0.3, -0.25) is 14.4 Å². The number of nitrogens with zero attached hydrogens (tertiary/aromatic N) is 4. The zero-order valence-electron chi connectivity index (χ0n) is 27.9. The molecular weight excluding hydrogens is 832 g/mol. The summed E-state index contributed by atoms with van der Waals surface area (Å²) in [7, 11) is 0. The Labute approximate surface area is 308 Å². The van der Waals surface area contributed by atoms with Crippen LogP contribution < -0.4 is 15.1 Å². The van der Waals surface area contributed by atoms with Gasteiger partial charge in [-0.25, -0.2) is 0 Å². The summed E-state index contributed by atoms with van der Waals surface area (Å²) in [6.45, 7) is 18.4. The van der Waals surface area contributed by atoms with Crippen LogP contribution >= 0.6 is 57.6 Å². The van der Waals surface area contributed by atoms with Gasteiger partial charge in [-0.2, -0.15) is 0 Å². The number of carbonyl (C=O) groups is 3. The lowest BCUT2D eigenvalue weighted by molar-refractivity contribution is -0.156. The second kappa shape index (κ2) is 20.0. The van der Waals surface area contributed by atoms with Crippen LogP contribution in [-0.4, -0.2) is 97.6 Å². The summed E-state index contributed by atoms with van der Waals surface area (Å²) >= 11 is 4.68. The lowest BCUT2D eigenvalue weighted by Crippen LogP contribution is -2.48. The topological polar surface area (TPSA) is 85.4 Å². The van der Waals surface area contributed by atoms with Crippen LogP contribution in [0.2, 0.25) is 0 Å². The number of likely N-dealkylation sites (tertiary alicyclic amines) is 1. The molecule has 1 N–H and O–H groups in total. The molecule has 4 unspecified atom stereocenters. The Morgan fingerprint density at radius 1 is 0.739 bits per heavy atom. The van der Waals surface area contributed by atoms with E-state index in [9.17, 15) is 14.4 Å². The van der Waals surface area contributed by atoms with Gasteiger partial charge in [-0.05, 0) is 126 Å². The number of halogens is 3. The lowest BCUT2D eigenvalue weighted by Gasteiger charge is -2.35. The average molecular weight is 882 g/mol. The standard InChI is InChI=1S/C13H15IN2O.C11H13IN2.C6H15N.C4H6O3.ClH/c1-9(17)15-7-13-6-12(15)8-16(13)11-4-2-10(14)3-5-11;12-8-1-3-10(4-2-8)14-7-9-5-11(14)6-13-9;1-4-7(5-2)6-3;1-3(5)7-4(2)6;/h2-5,12-13H,6-8H2,1H3;1-4,9,11,13H,5-7H2;4-6H2,1-3H3;1-2H3;1H. The zero-order chi connectivity index (χ0) is 33.1. The van der Waals surface area contributed by atoms with Gasteiger partial charge in [0.25, 0.3) is 0 Å². The van der Waals surface area contributed by atoms with Crippen molar-refractivity contribution in [2.45, 2.75) is 78.6 Å². The smallest absolute Gasteiger partial charge is 0.310 e. The maximum absolute atomic E-state index is 11.4. The van der Waals surface area contributed by atoms with Gasteiger partial charge in [-0.1, -0.05) is 20.8 Å². The molecule has 4 saturated heterocycles. The number of fused-ring (bicyclic) bond motifs is 4. The van der Waals surface area contributed by atoms with E-state index in [1.54, 1.807) is 6.92 Å². The molecule has 0 aromatic heterocycles. The minimum Gasteiger partial charge on any atom is -0.394 e. The number of amides is 1. The van der Waals surface area contributed by atoms with E-state index < -0.39 is 11.9 Å². The van der Waals surface area contributed by atoms with Gasteiger partial charge >= 0.3 is 11.9 Å². The molecule has 4 aliphatic rings. The maximum atomic E-state index is 11.4. The van der Waals surface area contributed by atoms with Crippen LogP contribution in [-0.2, 0) is 19.1 Å². The van der Waals surface area contributed by atoms with E-state index in [4.69, 9.17) is 0 Å². The summed E-state index contributed by atoms with van der Waals surface area (Å²) in [5, 5.41) is 3.52. The normalized spacial score (nSPS) is 21.7. The molecule has 4 aliphatic heterocycles. The molecule has 0 aliphatic carbocycles. The Bertz CT molecular complexity index is 1230. The van der Waals surface area contributed by atoms with Crippen molar-refractivity contribution in [1.82, 2.24) is 15.1 Å². The van der Waals surface area contributed by atoms with Gasteiger partial charge in [0.1, 0.15) is 0 Å². The van der Waals surface area contributed by atoms with E-state index in [1.807, 2.05) is 4.90 Å². The molecule has 256 valence electrons. The van der Waals surface area contributed by atoms with E-state index in [1.165, 1.54) is 65.0 Å². The minimum atomic E-state index is -0.562. The van der Waals surface area contributed by atoms with Crippen molar-refractivity contribution in [3.63, 3.8) is 0 Å². The van der Waals surface area contributed by atoms with E-state index in [2.05, 4.69) is 139 Å². The molecule has 4 fully saturated rings. The molecule has 4 atom stereocenters. The predicted octanol–water partition coefficient (Wildman–Crippen LogP) is 5.81. The lowest BCUT2D eigenvalue weighted by atomic mass is 10.2. The largest absolute Gasteiger partial charge is 0.394 e. The first-order valence-corrected chi connectivity index (χ1v) is 18.1. The van der Waals surface area contributed by atoms with Gasteiger partial charge < -0.3 is 29.7 Å². The molecule has 0 spiro atoms. The maximum Gasteiger partial charge on any atom is 0.310 e. The molecule has 4 heterocycles. The Morgan fingerprint density at radius 3 is 1.50 bits per heavy atom. The molecule has 2 aromatic rings. The fourth-order valence-corrected chi connectivity index (χ4v) is 7.10. The number of piperazine rings is 2. The van der Waals surface area contributed by atoms with Gasteiger partial charge in [0.2, 0.25) is 5.91 Å². The van der Waals surface area contributed by atoms with Crippen molar-refractivity contribution in [3.8, 4) is 0 Å². The number of hydrogen-bond acceptors (Lipinski definition) is 8. The number of carbonyl (C=O) groups excluding carboxylic acids is 3. The molecule has 0 saturated carbocycles. The van der Waals surface area contributed by atoms with Gasteiger partial charge in [0.15, 0.2) is 0 Å². The number of ether oxygens (including phenoxy) is 1. The summed E-state index contributed by atoms with van der Waals surface area (Å²) in [5.74, 6) is -0.903. The van der Waals surface area contributed by atoms with Crippen LogP contribution in [0, 0.1) is 7.14 Å². The Hall–Kier alpha value is -1.68. The first kappa shape index (κ1) is 40.5. The van der Waals surface area contributed by atoms with Crippen LogP contribution in [0.4, 0.5) is 11.4 Å². The fraction of sp³-hybridized carbons (Fsp3) is 0.559. The number of benzene rings is 2. The quantitative estimate of drug-likeness (QED) is 0.229. The van der Waals surface area contributed by atoms with Gasteiger partial charge in [0.05, 0.1) is 6.04 Å². The molecule has 6 rings (SSSR count). The predicted molar refractivity (Wildman–Crippen MR) is 206 cm³/mol. The second-order valence-corrected chi connectivity index (χ2v) is 14.2. The molecule has 12 heteroatoms. The van der Waals surface area contributed by atoms with Crippen molar-refractivity contribution >= 4 is 86.8 Å². The van der Waals surface area contributed by atoms with Crippen LogP contribution in [0.15, 0.2) is 48.5 Å². The molecule has 2 aromatic carbocycles. The number of nitrogens with one attached hydrogen (secondary N) is 1. The van der Waals surface area contributed by atoms with Crippen LogP contribution in [0.1, 0.15) is 54.4 Å². The first-order valence-electron chi connectivity index (χ1n) is 15.9. The highest BCUT2D eigenvalue weighted by Crippen LogP contribution is 2.34. The first-order chi connectivity index (χ1) is 21.4. The van der Waals surface area contributed by atoms with Crippen molar-refractivity contribution in [1.29, 1.82) is 0 Å². The van der Waals surface area contributed by atoms with E-state index in [0.29, 0.717) is 12.1 Å². The number of esters is 2. The molecule has 9 nitrogen and oxygen atoms in total. The third-order valence-electron chi connectivity index (χ3n) is 8.65. The van der Waals surface area contributed by atoms with Crippen molar-refractivity contribution < 1.29 is 19.1 Å². The second-order valence-electron chi connectivity index (χ2n) is 11.7. The Kier molecular flexibility index (Phi) is 17.6. The van der Waals surface area contributed by atoms with Gasteiger partial charge in [0, 0.05) is 83.6 Å². The summed E-state index contributed by atoms with van der Waals surface area (Å²) < 4.78 is 6.55. The SMILES string of the molecule is CC(=O)N1CC2CC1CN2c1ccc(I)cc1.CC(=O)OC(C)=O.CCN(CC)CC.Cl.Ic1ccc(N2CC3CC2CN3)cc1. The Morgan fingerprint density at radius 2 is 1.22 bits per heavy atom. The molecule has 4 bridgehead atoms. The van der Waals surface area contributed by atoms with Crippen LogP contribution in [0.3, 0.4) is 0 Å². The van der Waals surface area contributed by atoms with Crippen LogP contribution in [0.25, 0.3) is 0 Å². The van der Waals surface area contributed by atoms with Crippen molar-refractivity contribution in [2.24, 2.45) is 0 Å². The number of anilines is 2. The molecule has 0 radical (unpaired) electrons. The Balaban J connectivity index is 0.000000229. The van der Waals surface area contributed by atoms with E-state index >= 15 is 0 Å². The van der Waals surface area contributed by atoms with E-state index in [0.717, 1.165) is 38.1 Å². The fourth-order valence-electron chi connectivity index (χ4n) is 6.38. The van der Waals surface area contributed by atoms with Crippen molar-refractivity contribution in [3.05, 3.63) is 55.7 Å². The zero-order valence-corrected chi connectivity index (χ0v) is 33.0. The highest BCUT2D eigenvalue weighted by atomic mass is 127. The third-order valence-corrected chi connectivity index (χ3v) is 10.1. The number of hydrogen-bond donors (Lipinski definition) is 1. The molecule has 1 amide bonds. The highest BCUT2D eigenvalue weighted by molar-refractivity contribution is 14.1. The molecular formula is C34H50ClI2N5O4. The van der Waals surface area contributed by atoms with Crippen LogP contribution in [0.5, 0.6) is 0 Å². The van der Waals surface area contributed by atoms with Crippen molar-refractivity contribution in [2.75, 3.05) is 55.6 Å². The number of rotatable bonds is 5. The highest BCUT2D eigenvalue weighted by Gasteiger charge is 2.44. The summed E-state index contributed by atoms with van der Waals surface area (Å²) in [6, 6.07) is 19.9. The van der Waals surface area contributed by atoms with E-state index in [-0.39, 0.29) is 18.3 Å².